The van der Waals surface area contributed by atoms with Crippen molar-refractivity contribution < 1.29 is 24.2 Å². The average Bonchev–Trinajstić information content (AvgIpc) is 3.36. The van der Waals surface area contributed by atoms with Crippen LogP contribution in [-0.4, -0.2) is 45.4 Å². The van der Waals surface area contributed by atoms with Crippen LogP contribution in [0, 0.1) is 0 Å². The number of thioether (sulfide) groups is 1. The van der Waals surface area contributed by atoms with Gasteiger partial charge in [0.25, 0.3) is 11.1 Å². The number of nitrogens with zero attached hydrogens (tertiary/aromatic N) is 1. The predicted molar refractivity (Wildman–Crippen MR) is 130 cm³/mol. The molecule has 178 valence electrons. The van der Waals surface area contributed by atoms with Gasteiger partial charge in [0.2, 0.25) is 5.91 Å². The Labute approximate surface area is 206 Å². The number of aromatic hydroxyl groups is 1. The minimum atomic E-state index is -0.460. The molecule has 3 amide bonds. The fraction of sp³-hybridized carbons (Fsp3) is 0.400. The molecule has 2 aromatic rings. The van der Waals surface area contributed by atoms with Gasteiger partial charge in [0.05, 0.1) is 15.8 Å². The summed E-state index contributed by atoms with van der Waals surface area (Å²) < 4.78 is 6.19. The van der Waals surface area contributed by atoms with Crippen molar-refractivity contribution in [3.05, 3.63) is 51.5 Å². The summed E-state index contributed by atoms with van der Waals surface area (Å²) in [6.45, 7) is 0. The molecule has 1 saturated carbocycles. The summed E-state index contributed by atoms with van der Waals surface area (Å²) in [7, 11) is 1.76. The van der Waals surface area contributed by atoms with E-state index in [-0.39, 0.29) is 34.4 Å². The zero-order valence-electron chi connectivity index (χ0n) is 18.7. The SMILES string of the molecule is CN(C(=O)c1cc(Oc2c(Cl)cc(CC3SC(=O)NC3=O)c3c2CCC3)ccc1O)C1CCC1. The number of rotatable bonds is 6. The number of hydrogen-bond acceptors (Lipinski definition) is 6. The Morgan fingerprint density at radius 2 is 1.97 bits per heavy atom. The van der Waals surface area contributed by atoms with Crippen LogP contribution in [0.1, 0.15) is 52.7 Å². The quantitative estimate of drug-likeness (QED) is 0.589. The molecule has 9 heteroatoms. The minimum absolute atomic E-state index is 0.0860. The van der Waals surface area contributed by atoms with Crippen LogP contribution in [0.4, 0.5) is 4.79 Å². The Hall–Kier alpha value is -2.71. The molecule has 0 radical (unpaired) electrons. The summed E-state index contributed by atoms with van der Waals surface area (Å²) in [4.78, 5) is 38.2. The second-order valence-corrected chi connectivity index (χ2v) is 10.6. The van der Waals surface area contributed by atoms with E-state index < -0.39 is 5.25 Å². The number of fused-ring (bicyclic) bond motifs is 1. The third-order valence-electron chi connectivity index (χ3n) is 6.93. The number of ether oxygens (including phenoxy) is 1. The van der Waals surface area contributed by atoms with Crippen LogP contribution in [0.5, 0.6) is 17.2 Å². The first-order valence-corrected chi connectivity index (χ1v) is 12.7. The molecule has 1 atom stereocenters. The van der Waals surface area contributed by atoms with Gasteiger partial charge in [-0.2, -0.15) is 0 Å². The van der Waals surface area contributed by atoms with E-state index >= 15 is 0 Å². The zero-order valence-corrected chi connectivity index (χ0v) is 20.3. The van der Waals surface area contributed by atoms with Crippen LogP contribution in [0.2, 0.25) is 5.02 Å². The standard InChI is InChI=1S/C25H25ClN2O5S/c1-28(14-4-2-5-14)24(31)18-12-15(8-9-20(18)29)33-22-17-7-3-6-16(17)13(10-19(22)26)11-21-23(30)27-25(32)34-21/h8-10,12,14,21,29H,2-7,11H2,1H3,(H,27,30,32). The van der Waals surface area contributed by atoms with Gasteiger partial charge in [-0.3, -0.25) is 19.7 Å². The molecule has 5 rings (SSSR count). The number of carbonyl (C=O) groups excluding carboxylic acids is 3. The molecule has 7 nitrogen and oxygen atoms in total. The Morgan fingerprint density at radius 1 is 1.21 bits per heavy atom. The Balaban J connectivity index is 1.42. The van der Waals surface area contributed by atoms with Crippen LogP contribution in [0.3, 0.4) is 0 Å². The van der Waals surface area contributed by atoms with Crippen molar-refractivity contribution in [2.24, 2.45) is 0 Å². The van der Waals surface area contributed by atoms with Crippen molar-refractivity contribution in [2.45, 2.75) is 56.2 Å². The maximum absolute atomic E-state index is 12.9. The Bertz CT molecular complexity index is 1200. The lowest BCUT2D eigenvalue weighted by molar-refractivity contribution is -0.118. The summed E-state index contributed by atoms with van der Waals surface area (Å²) in [6, 6.07) is 6.66. The zero-order chi connectivity index (χ0) is 24.0. The largest absolute Gasteiger partial charge is 0.507 e. The molecule has 2 aliphatic carbocycles. The summed E-state index contributed by atoms with van der Waals surface area (Å²) in [5.74, 6) is 0.363. The van der Waals surface area contributed by atoms with Gasteiger partial charge in [0, 0.05) is 13.1 Å². The monoisotopic (exact) mass is 500 g/mol. The lowest BCUT2D eigenvalue weighted by atomic mass is 9.91. The van der Waals surface area contributed by atoms with E-state index in [2.05, 4.69) is 5.32 Å². The van der Waals surface area contributed by atoms with Crippen molar-refractivity contribution in [3.63, 3.8) is 0 Å². The number of amides is 3. The second-order valence-electron chi connectivity index (χ2n) is 9.03. The smallest absolute Gasteiger partial charge is 0.286 e. The van der Waals surface area contributed by atoms with E-state index in [1.165, 1.54) is 6.07 Å². The van der Waals surface area contributed by atoms with E-state index in [0.29, 0.717) is 22.9 Å². The first-order valence-electron chi connectivity index (χ1n) is 11.4. The van der Waals surface area contributed by atoms with Crippen molar-refractivity contribution in [1.82, 2.24) is 10.2 Å². The number of nitrogens with one attached hydrogen (secondary N) is 1. The van der Waals surface area contributed by atoms with E-state index in [1.807, 2.05) is 6.07 Å². The fourth-order valence-electron chi connectivity index (χ4n) is 4.82. The highest BCUT2D eigenvalue weighted by Crippen LogP contribution is 2.43. The lowest BCUT2D eigenvalue weighted by Gasteiger charge is -2.34. The maximum Gasteiger partial charge on any atom is 0.286 e. The van der Waals surface area contributed by atoms with Gasteiger partial charge in [0.1, 0.15) is 17.2 Å². The van der Waals surface area contributed by atoms with Gasteiger partial charge in [-0.05, 0) is 85.9 Å². The molecule has 1 saturated heterocycles. The highest BCUT2D eigenvalue weighted by atomic mass is 35.5. The maximum atomic E-state index is 12.9. The minimum Gasteiger partial charge on any atom is -0.507 e. The molecule has 1 unspecified atom stereocenters. The van der Waals surface area contributed by atoms with Gasteiger partial charge in [-0.15, -0.1) is 0 Å². The molecular weight excluding hydrogens is 476 g/mol. The highest BCUT2D eigenvalue weighted by Gasteiger charge is 2.34. The van der Waals surface area contributed by atoms with Crippen molar-refractivity contribution in [3.8, 4) is 17.2 Å². The Kier molecular flexibility index (Phi) is 6.20. The number of phenols is 1. The van der Waals surface area contributed by atoms with Gasteiger partial charge in [0.15, 0.2) is 0 Å². The van der Waals surface area contributed by atoms with Crippen molar-refractivity contribution >= 4 is 40.4 Å². The van der Waals surface area contributed by atoms with Crippen LogP contribution < -0.4 is 10.1 Å². The average molecular weight is 501 g/mol. The van der Waals surface area contributed by atoms with Crippen molar-refractivity contribution in [2.75, 3.05) is 7.05 Å². The molecule has 3 aliphatic rings. The normalized spacial score (nSPS) is 19.5. The third kappa shape index (κ3) is 4.25. The van der Waals surface area contributed by atoms with Crippen LogP contribution >= 0.6 is 23.4 Å². The number of imide groups is 1. The fourth-order valence-corrected chi connectivity index (χ4v) is 5.95. The number of carbonyl (C=O) groups is 3. The van der Waals surface area contributed by atoms with Crippen LogP contribution in [0.15, 0.2) is 24.3 Å². The van der Waals surface area contributed by atoms with E-state index in [9.17, 15) is 19.5 Å². The molecule has 0 bridgehead atoms. The van der Waals surface area contributed by atoms with Gasteiger partial charge < -0.3 is 14.7 Å². The first kappa shape index (κ1) is 23.1. The molecule has 2 N–H and O–H groups in total. The number of hydrogen-bond donors (Lipinski definition) is 2. The molecule has 34 heavy (non-hydrogen) atoms. The summed E-state index contributed by atoms with van der Waals surface area (Å²) in [5.41, 5.74) is 3.25. The molecule has 2 aromatic carbocycles. The van der Waals surface area contributed by atoms with Crippen molar-refractivity contribution in [1.29, 1.82) is 0 Å². The summed E-state index contributed by atoms with van der Waals surface area (Å²) >= 11 is 7.65. The topological polar surface area (TPSA) is 95.9 Å². The molecule has 1 aliphatic heterocycles. The second kappa shape index (κ2) is 9.15. The third-order valence-corrected chi connectivity index (χ3v) is 8.19. The molecule has 0 aromatic heterocycles. The number of halogens is 1. The Morgan fingerprint density at radius 3 is 2.65 bits per heavy atom. The number of phenolic OH excluding ortho intramolecular Hbond substituents is 1. The first-order chi connectivity index (χ1) is 16.3. The predicted octanol–water partition coefficient (Wildman–Crippen LogP) is 4.85. The van der Waals surface area contributed by atoms with E-state index in [0.717, 1.165) is 67.0 Å². The number of benzene rings is 2. The highest BCUT2D eigenvalue weighted by molar-refractivity contribution is 8.15. The van der Waals surface area contributed by atoms with Gasteiger partial charge in [-0.25, -0.2) is 0 Å². The lowest BCUT2D eigenvalue weighted by Crippen LogP contribution is -2.41. The van der Waals surface area contributed by atoms with E-state index in [4.69, 9.17) is 16.3 Å². The summed E-state index contributed by atoms with van der Waals surface area (Å²) in [6.07, 6.45) is 6.05. The molecule has 1 heterocycles. The molecular formula is C25H25ClN2O5S. The molecule has 2 fully saturated rings. The molecule has 0 spiro atoms. The summed E-state index contributed by atoms with van der Waals surface area (Å²) in [5, 5.41) is 12.3. The van der Waals surface area contributed by atoms with Gasteiger partial charge >= 0.3 is 0 Å². The van der Waals surface area contributed by atoms with Crippen LogP contribution in [0.25, 0.3) is 0 Å². The van der Waals surface area contributed by atoms with Gasteiger partial charge in [-0.1, -0.05) is 23.4 Å². The van der Waals surface area contributed by atoms with Crippen LogP contribution in [-0.2, 0) is 24.1 Å². The van der Waals surface area contributed by atoms with E-state index in [1.54, 1.807) is 24.1 Å².